The number of hydrogen-bond donors (Lipinski definition) is 0. The second kappa shape index (κ2) is 9.26. The number of likely N-dealkylation sites (tertiary alicyclic amines) is 2. The molecule has 3 rings (SSSR count). The second-order valence-electron chi connectivity index (χ2n) is 7.89. The normalized spacial score (nSPS) is 23.1. The van der Waals surface area contributed by atoms with Gasteiger partial charge < -0.3 is 19.6 Å². The highest BCUT2D eigenvalue weighted by Gasteiger charge is 2.34. The van der Waals surface area contributed by atoms with Crippen LogP contribution in [0.5, 0.6) is 0 Å². The molecule has 0 amide bonds. The van der Waals surface area contributed by atoms with E-state index >= 15 is 0 Å². The summed E-state index contributed by atoms with van der Waals surface area (Å²) in [6, 6.07) is 4.77. The van der Waals surface area contributed by atoms with Crippen LogP contribution in [0.25, 0.3) is 0 Å². The SMILES string of the molecule is CN1CCC(N2CCN(CCCN3CCCCC3)C2=C(C#N)C#N)CC1. The van der Waals surface area contributed by atoms with Gasteiger partial charge in [0.05, 0.1) is 0 Å². The van der Waals surface area contributed by atoms with Crippen LogP contribution < -0.4 is 0 Å². The van der Waals surface area contributed by atoms with Crippen molar-refractivity contribution in [3.05, 3.63) is 11.4 Å². The summed E-state index contributed by atoms with van der Waals surface area (Å²) < 4.78 is 0. The Balaban J connectivity index is 1.62. The van der Waals surface area contributed by atoms with Crippen LogP contribution in [0.2, 0.25) is 0 Å². The molecular formula is C20H32N6. The van der Waals surface area contributed by atoms with Crippen LogP contribution in [0.15, 0.2) is 11.4 Å². The highest BCUT2D eigenvalue weighted by atomic mass is 15.4. The van der Waals surface area contributed by atoms with Gasteiger partial charge in [-0.15, -0.1) is 0 Å². The Kier molecular flexibility index (Phi) is 6.77. The maximum absolute atomic E-state index is 9.49. The highest BCUT2D eigenvalue weighted by Crippen LogP contribution is 2.29. The van der Waals surface area contributed by atoms with Gasteiger partial charge in [0.1, 0.15) is 18.0 Å². The van der Waals surface area contributed by atoms with E-state index < -0.39 is 0 Å². The van der Waals surface area contributed by atoms with Crippen LogP contribution in [0.4, 0.5) is 0 Å². The quantitative estimate of drug-likeness (QED) is 0.701. The Morgan fingerprint density at radius 2 is 1.62 bits per heavy atom. The molecule has 0 aliphatic carbocycles. The van der Waals surface area contributed by atoms with E-state index in [0.29, 0.717) is 11.6 Å². The molecule has 0 atom stereocenters. The summed E-state index contributed by atoms with van der Waals surface area (Å²) in [5.74, 6) is 0.906. The molecule has 6 nitrogen and oxygen atoms in total. The van der Waals surface area contributed by atoms with Crippen molar-refractivity contribution in [2.24, 2.45) is 0 Å². The third kappa shape index (κ3) is 4.50. The molecule has 0 unspecified atom stereocenters. The third-order valence-corrected chi connectivity index (χ3v) is 6.11. The van der Waals surface area contributed by atoms with Crippen LogP contribution in [-0.2, 0) is 0 Å². The molecule has 0 aromatic carbocycles. The number of rotatable bonds is 5. The first-order valence-corrected chi connectivity index (χ1v) is 10.2. The molecule has 3 aliphatic heterocycles. The Labute approximate surface area is 158 Å². The lowest BCUT2D eigenvalue weighted by Crippen LogP contribution is -2.43. The fraction of sp³-hybridized carbons (Fsp3) is 0.800. The van der Waals surface area contributed by atoms with Gasteiger partial charge in [-0.3, -0.25) is 0 Å². The van der Waals surface area contributed by atoms with Crippen LogP contribution in [0.3, 0.4) is 0 Å². The van der Waals surface area contributed by atoms with Crippen molar-refractivity contribution in [1.29, 1.82) is 10.5 Å². The van der Waals surface area contributed by atoms with E-state index in [9.17, 15) is 10.5 Å². The van der Waals surface area contributed by atoms with Gasteiger partial charge in [-0.2, -0.15) is 10.5 Å². The lowest BCUT2D eigenvalue weighted by atomic mass is 10.0. The predicted molar refractivity (Wildman–Crippen MR) is 102 cm³/mol. The molecule has 0 bridgehead atoms. The average Bonchev–Trinajstić information content (AvgIpc) is 3.08. The lowest BCUT2D eigenvalue weighted by Gasteiger charge is -2.37. The van der Waals surface area contributed by atoms with Crippen LogP contribution in [0, 0.1) is 22.7 Å². The van der Waals surface area contributed by atoms with Crippen molar-refractivity contribution in [3.8, 4) is 12.1 Å². The van der Waals surface area contributed by atoms with Gasteiger partial charge in [-0.1, -0.05) is 6.42 Å². The number of allylic oxidation sites excluding steroid dienone is 1. The Bertz CT molecular complexity index is 556. The molecule has 0 radical (unpaired) electrons. The predicted octanol–water partition coefficient (Wildman–Crippen LogP) is 1.83. The topological polar surface area (TPSA) is 60.5 Å². The zero-order chi connectivity index (χ0) is 18.4. The Morgan fingerprint density at radius 3 is 2.27 bits per heavy atom. The zero-order valence-corrected chi connectivity index (χ0v) is 16.2. The van der Waals surface area contributed by atoms with E-state index in [1.54, 1.807) is 0 Å². The van der Waals surface area contributed by atoms with Crippen molar-refractivity contribution in [2.45, 2.75) is 44.6 Å². The molecule has 0 spiro atoms. The summed E-state index contributed by atoms with van der Waals surface area (Å²) in [4.78, 5) is 9.58. The molecule has 0 N–H and O–H groups in total. The Morgan fingerprint density at radius 1 is 0.923 bits per heavy atom. The maximum Gasteiger partial charge on any atom is 0.169 e. The van der Waals surface area contributed by atoms with E-state index in [4.69, 9.17) is 0 Å². The molecule has 0 saturated carbocycles. The molecule has 3 aliphatic rings. The van der Waals surface area contributed by atoms with Gasteiger partial charge in [0.2, 0.25) is 0 Å². The Hall–Kier alpha value is -1.76. The molecule has 6 heteroatoms. The molecule has 26 heavy (non-hydrogen) atoms. The van der Waals surface area contributed by atoms with E-state index in [-0.39, 0.29) is 0 Å². The summed E-state index contributed by atoms with van der Waals surface area (Å²) in [5.41, 5.74) is 0.291. The van der Waals surface area contributed by atoms with Gasteiger partial charge in [-0.25, -0.2) is 0 Å². The monoisotopic (exact) mass is 356 g/mol. The zero-order valence-electron chi connectivity index (χ0n) is 16.2. The summed E-state index contributed by atoms with van der Waals surface area (Å²) in [6.45, 7) is 8.61. The van der Waals surface area contributed by atoms with E-state index in [1.165, 1.54) is 32.4 Å². The fourth-order valence-electron chi connectivity index (χ4n) is 4.60. The smallest absolute Gasteiger partial charge is 0.169 e. The van der Waals surface area contributed by atoms with Crippen LogP contribution >= 0.6 is 0 Å². The minimum atomic E-state index is 0.291. The second-order valence-corrected chi connectivity index (χ2v) is 7.89. The average molecular weight is 357 g/mol. The minimum absolute atomic E-state index is 0.291. The number of nitriles is 2. The van der Waals surface area contributed by atoms with E-state index in [1.807, 2.05) is 0 Å². The molecule has 3 heterocycles. The van der Waals surface area contributed by atoms with Crippen molar-refractivity contribution in [2.75, 3.05) is 59.4 Å². The molecule has 3 fully saturated rings. The van der Waals surface area contributed by atoms with Crippen LogP contribution in [-0.4, -0.2) is 85.0 Å². The van der Waals surface area contributed by atoms with Gasteiger partial charge in [0.15, 0.2) is 5.57 Å². The first-order valence-electron chi connectivity index (χ1n) is 10.2. The first kappa shape index (κ1) is 19.0. The molecule has 142 valence electrons. The largest absolute Gasteiger partial charge is 0.355 e. The molecular weight excluding hydrogens is 324 g/mol. The number of piperidine rings is 2. The molecule has 3 saturated heterocycles. The van der Waals surface area contributed by atoms with Crippen molar-refractivity contribution < 1.29 is 0 Å². The fourth-order valence-corrected chi connectivity index (χ4v) is 4.60. The lowest BCUT2D eigenvalue weighted by molar-refractivity contribution is 0.156. The maximum atomic E-state index is 9.49. The summed E-state index contributed by atoms with van der Waals surface area (Å²) in [6.07, 6.45) is 7.36. The number of nitrogens with zero attached hydrogens (tertiary/aromatic N) is 6. The molecule has 0 aromatic rings. The summed E-state index contributed by atoms with van der Waals surface area (Å²) in [5, 5.41) is 19.0. The van der Waals surface area contributed by atoms with Crippen molar-refractivity contribution >= 4 is 0 Å². The van der Waals surface area contributed by atoms with Gasteiger partial charge in [0, 0.05) is 25.7 Å². The highest BCUT2D eigenvalue weighted by molar-refractivity contribution is 5.40. The van der Waals surface area contributed by atoms with Gasteiger partial charge in [-0.05, 0) is 71.9 Å². The van der Waals surface area contributed by atoms with E-state index in [2.05, 4.69) is 38.8 Å². The molecule has 0 aromatic heterocycles. The first-order chi connectivity index (χ1) is 12.7. The third-order valence-electron chi connectivity index (χ3n) is 6.11. The standard InChI is InChI=1S/C20H32N6/c1-23-12-6-19(7-13-23)26-15-14-25(20(26)18(16-21)17-22)11-5-10-24-8-3-2-4-9-24/h19H,2-15H2,1H3. The van der Waals surface area contributed by atoms with E-state index in [0.717, 1.165) is 64.4 Å². The van der Waals surface area contributed by atoms with Gasteiger partial charge in [0.25, 0.3) is 0 Å². The minimum Gasteiger partial charge on any atom is -0.355 e. The number of hydrogen-bond acceptors (Lipinski definition) is 6. The van der Waals surface area contributed by atoms with Crippen LogP contribution in [0.1, 0.15) is 38.5 Å². The van der Waals surface area contributed by atoms with Crippen molar-refractivity contribution in [3.63, 3.8) is 0 Å². The van der Waals surface area contributed by atoms with Crippen molar-refractivity contribution in [1.82, 2.24) is 19.6 Å². The van der Waals surface area contributed by atoms with Gasteiger partial charge >= 0.3 is 0 Å². The summed E-state index contributed by atoms with van der Waals surface area (Å²) in [7, 11) is 2.17. The summed E-state index contributed by atoms with van der Waals surface area (Å²) >= 11 is 0.